The van der Waals surface area contributed by atoms with E-state index in [0.717, 1.165) is 4.90 Å². The first-order valence-corrected chi connectivity index (χ1v) is 3.86. The van der Waals surface area contributed by atoms with Crippen molar-refractivity contribution in [3.8, 4) is 12.1 Å². The number of nitriles is 2. The average molecular weight is 183 g/mol. The van der Waals surface area contributed by atoms with Crippen LogP contribution in [0.15, 0.2) is 0 Å². The van der Waals surface area contributed by atoms with Crippen LogP contribution in [-0.4, -0.2) is 29.1 Å². The second kappa shape index (κ2) is 5.45. The first-order chi connectivity index (χ1) is 5.63. The highest BCUT2D eigenvalue weighted by molar-refractivity contribution is 7.81. The Kier molecular flexibility index (Phi) is 4.91. The van der Waals surface area contributed by atoms with Crippen LogP contribution in [0.3, 0.4) is 0 Å². The molecule has 0 aromatic rings. The Hall–Kier alpha value is -1.20. The third-order valence-corrected chi connectivity index (χ3v) is 1.41. The maximum atomic E-state index is 11.2. The molecule has 0 saturated heterocycles. The van der Waals surface area contributed by atoms with E-state index in [1.807, 2.05) is 12.1 Å². The van der Waals surface area contributed by atoms with Crippen LogP contribution in [0, 0.1) is 22.7 Å². The summed E-state index contributed by atoms with van der Waals surface area (Å²) in [5.41, 5.74) is 0. The van der Waals surface area contributed by atoms with Gasteiger partial charge in [-0.1, -0.05) is 0 Å². The SMILES string of the molecule is CC(S)C(=O)N(CC#N)CC#N. The van der Waals surface area contributed by atoms with E-state index >= 15 is 0 Å². The van der Waals surface area contributed by atoms with Gasteiger partial charge in [0.2, 0.25) is 5.91 Å². The number of hydrogen-bond acceptors (Lipinski definition) is 4. The van der Waals surface area contributed by atoms with Gasteiger partial charge in [-0.15, -0.1) is 0 Å². The second-order valence-corrected chi connectivity index (χ2v) is 2.96. The Morgan fingerprint density at radius 2 is 1.92 bits per heavy atom. The topological polar surface area (TPSA) is 67.9 Å². The molecule has 0 bridgehead atoms. The number of nitrogens with zero attached hydrogens (tertiary/aromatic N) is 3. The van der Waals surface area contributed by atoms with Crippen molar-refractivity contribution in [3.63, 3.8) is 0 Å². The summed E-state index contributed by atoms with van der Waals surface area (Å²) in [4.78, 5) is 12.3. The Morgan fingerprint density at radius 1 is 1.50 bits per heavy atom. The zero-order valence-corrected chi connectivity index (χ0v) is 7.58. The molecule has 64 valence electrons. The van der Waals surface area contributed by atoms with Crippen molar-refractivity contribution in [2.24, 2.45) is 0 Å². The molecule has 0 radical (unpaired) electrons. The van der Waals surface area contributed by atoms with E-state index < -0.39 is 5.25 Å². The van der Waals surface area contributed by atoms with Gasteiger partial charge in [-0.3, -0.25) is 4.79 Å². The lowest BCUT2D eigenvalue weighted by atomic mass is 10.4. The largest absolute Gasteiger partial charge is 0.315 e. The molecule has 0 fully saturated rings. The summed E-state index contributed by atoms with van der Waals surface area (Å²) in [6.45, 7) is 1.49. The molecule has 4 nitrogen and oxygen atoms in total. The number of carbonyl (C=O) groups is 1. The van der Waals surface area contributed by atoms with Crippen molar-refractivity contribution in [2.75, 3.05) is 13.1 Å². The maximum Gasteiger partial charge on any atom is 0.236 e. The molecule has 1 atom stereocenters. The molecule has 0 aromatic carbocycles. The lowest BCUT2D eigenvalue weighted by Crippen LogP contribution is -2.36. The van der Waals surface area contributed by atoms with E-state index in [9.17, 15) is 4.79 Å². The van der Waals surface area contributed by atoms with Gasteiger partial charge < -0.3 is 4.90 Å². The first-order valence-electron chi connectivity index (χ1n) is 3.34. The van der Waals surface area contributed by atoms with Crippen molar-refractivity contribution < 1.29 is 4.79 Å². The van der Waals surface area contributed by atoms with E-state index in [-0.39, 0.29) is 19.0 Å². The van der Waals surface area contributed by atoms with Crippen LogP contribution in [0.4, 0.5) is 0 Å². The van der Waals surface area contributed by atoms with Crippen LogP contribution in [0.5, 0.6) is 0 Å². The van der Waals surface area contributed by atoms with Crippen molar-refractivity contribution in [2.45, 2.75) is 12.2 Å². The lowest BCUT2D eigenvalue weighted by Gasteiger charge is -2.17. The molecule has 0 heterocycles. The fourth-order valence-electron chi connectivity index (χ4n) is 0.647. The van der Waals surface area contributed by atoms with E-state index in [2.05, 4.69) is 12.6 Å². The monoisotopic (exact) mass is 183 g/mol. The van der Waals surface area contributed by atoms with Gasteiger partial charge in [0, 0.05) is 0 Å². The Labute approximate surface area is 76.8 Å². The first kappa shape index (κ1) is 10.8. The van der Waals surface area contributed by atoms with Crippen molar-refractivity contribution in [3.05, 3.63) is 0 Å². The fraction of sp³-hybridized carbons (Fsp3) is 0.571. The van der Waals surface area contributed by atoms with Gasteiger partial charge >= 0.3 is 0 Å². The van der Waals surface area contributed by atoms with E-state index in [1.165, 1.54) is 0 Å². The van der Waals surface area contributed by atoms with Crippen LogP contribution in [0.25, 0.3) is 0 Å². The fourth-order valence-corrected chi connectivity index (χ4v) is 0.810. The molecule has 0 aliphatic rings. The summed E-state index contributed by atoms with van der Waals surface area (Å²) < 4.78 is 0. The quantitative estimate of drug-likeness (QED) is 0.501. The van der Waals surface area contributed by atoms with E-state index in [0.29, 0.717) is 0 Å². The molecule has 1 amide bonds. The summed E-state index contributed by atoms with van der Waals surface area (Å²) in [7, 11) is 0. The zero-order chi connectivity index (χ0) is 9.56. The Balaban J connectivity index is 4.23. The molecule has 12 heavy (non-hydrogen) atoms. The van der Waals surface area contributed by atoms with Crippen molar-refractivity contribution in [1.29, 1.82) is 10.5 Å². The van der Waals surface area contributed by atoms with Crippen LogP contribution in [-0.2, 0) is 4.79 Å². The number of carbonyl (C=O) groups excluding carboxylic acids is 1. The molecular formula is C7H9N3OS. The maximum absolute atomic E-state index is 11.2. The Bertz CT molecular complexity index is 222. The molecule has 0 aliphatic heterocycles. The van der Waals surface area contributed by atoms with Gasteiger partial charge in [-0.25, -0.2) is 0 Å². The summed E-state index contributed by atoms with van der Waals surface area (Å²) in [6, 6.07) is 3.62. The van der Waals surface area contributed by atoms with Gasteiger partial charge in [0.05, 0.1) is 17.4 Å². The molecular weight excluding hydrogens is 174 g/mol. The number of rotatable bonds is 3. The molecule has 0 saturated carbocycles. The molecule has 0 N–H and O–H groups in total. The third-order valence-electron chi connectivity index (χ3n) is 1.19. The molecule has 0 aliphatic carbocycles. The summed E-state index contributed by atoms with van der Waals surface area (Å²) in [5.74, 6) is -0.290. The Morgan fingerprint density at radius 3 is 2.17 bits per heavy atom. The zero-order valence-electron chi connectivity index (χ0n) is 6.69. The van der Waals surface area contributed by atoms with Crippen LogP contribution < -0.4 is 0 Å². The number of thiol groups is 1. The van der Waals surface area contributed by atoms with Crippen LogP contribution in [0.2, 0.25) is 0 Å². The minimum absolute atomic E-state index is 0.0582. The third kappa shape index (κ3) is 3.27. The summed E-state index contributed by atoms with van der Waals surface area (Å²) >= 11 is 3.91. The second-order valence-electron chi connectivity index (χ2n) is 2.19. The van der Waals surface area contributed by atoms with Gasteiger partial charge in [0.15, 0.2) is 0 Å². The normalized spacial score (nSPS) is 11.0. The minimum atomic E-state index is -0.466. The predicted molar refractivity (Wildman–Crippen MR) is 46.3 cm³/mol. The smallest absolute Gasteiger partial charge is 0.236 e. The summed E-state index contributed by atoms with van der Waals surface area (Å²) in [6.07, 6.45) is 0. The highest BCUT2D eigenvalue weighted by Gasteiger charge is 2.16. The molecule has 5 heteroatoms. The number of amides is 1. The van der Waals surface area contributed by atoms with Gasteiger partial charge in [0.1, 0.15) is 13.1 Å². The summed E-state index contributed by atoms with van der Waals surface area (Å²) in [5, 5.41) is 16.2. The van der Waals surface area contributed by atoms with Gasteiger partial charge in [-0.05, 0) is 6.92 Å². The van der Waals surface area contributed by atoms with Crippen molar-refractivity contribution >= 4 is 18.5 Å². The average Bonchev–Trinajstić information content (AvgIpc) is 2.03. The van der Waals surface area contributed by atoms with Gasteiger partial charge in [0.25, 0.3) is 0 Å². The minimum Gasteiger partial charge on any atom is -0.315 e. The molecule has 0 spiro atoms. The molecule has 1 unspecified atom stereocenters. The van der Waals surface area contributed by atoms with Crippen molar-refractivity contribution in [1.82, 2.24) is 4.90 Å². The van der Waals surface area contributed by atoms with Crippen LogP contribution in [0.1, 0.15) is 6.92 Å². The lowest BCUT2D eigenvalue weighted by molar-refractivity contribution is -0.129. The van der Waals surface area contributed by atoms with Crippen LogP contribution >= 0.6 is 12.6 Å². The van der Waals surface area contributed by atoms with E-state index in [1.54, 1.807) is 6.92 Å². The predicted octanol–water partition coefficient (Wildman–Crippen LogP) is 0.180. The van der Waals surface area contributed by atoms with E-state index in [4.69, 9.17) is 10.5 Å². The standard InChI is InChI=1S/C7H9N3OS/c1-6(12)7(11)10(4-2-8)5-3-9/h6,12H,4-5H2,1H3. The highest BCUT2D eigenvalue weighted by atomic mass is 32.1. The highest BCUT2D eigenvalue weighted by Crippen LogP contribution is 1.99. The molecule has 0 aromatic heterocycles. The molecule has 0 rings (SSSR count). The van der Waals surface area contributed by atoms with Gasteiger partial charge in [-0.2, -0.15) is 23.2 Å². The number of hydrogen-bond donors (Lipinski definition) is 1.